The van der Waals surface area contributed by atoms with Crippen LogP contribution in [-0.4, -0.2) is 129 Å². The number of fused-ring (bicyclic) bond motifs is 7. The molecule has 2 amide bonds. The van der Waals surface area contributed by atoms with E-state index in [4.69, 9.17) is 9.47 Å². The summed E-state index contributed by atoms with van der Waals surface area (Å²) < 4.78 is 11.5. The van der Waals surface area contributed by atoms with Crippen molar-refractivity contribution in [3.05, 3.63) is 0 Å². The number of hydrogen-bond acceptors (Lipinski definition) is 8. The van der Waals surface area contributed by atoms with Crippen LogP contribution in [0, 0.1) is 10.8 Å². The Hall–Kier alpha value is -1.62. The first kappa shape index (κ1) is 26.0. The van der Waals surface area contributed by atoms with Crippen LogP contribution in [0.2, 0.25) is 0 Å². The molecule has 6 saturated heterocycles. The first-order chi connectivity index (χ1) is 17.2. The first-order valence-corrected chi connectivity index (χ1v) is 14.0. The maximum atomic E-state index is 12.7. The predicted molar refractivity (Wildman–Crippen MR) is 137 cm³/mol. The van der Waals surface area contributed by atoms with E-state index in [2.05, 4.69) is 51.0 Å². The zero-order valence-corrected chi connectivity index (χ0v) is 22.5. The normalized spacial score (nSPS) is 41.2. The van der Waals surface area contributed by atoms with Gasteiger partial charge in [0, 0.05) is 84.5 Å². The summed E-state index contributed by atoms with van der Waals surface area (Å²) in [6, 6.07) is 0.326. The van der Waals surface area contributed by atoms with Gasteiger partial charge in [0.15, 0.2) is 6.23 Å². The average Bonchev–Trinajstić information content (AvgIpc) is 3.14. The van der Waals surface area contributed by atoms with Gasteiger partial charge in [0.1, 0.15) is 6.61 Å². The Morgan fingerprint density at radius 1 is 0.861 bits per heavy atom. The smallest absolute Gasteiger partial charge is 0.408 e. The summed E-state index contributed by atoms with van der Waals surface area (Å²) in [5.74, 6) is 0. The van der Waals surface area contributed by atoms with E-state index in [9.17, 15) is 9.59 Å². The Morgan fingerprint density at radius 3 is 2.25 bits per heavy atom. The molecule has 0 aromatic rings. The summed E-state index contributed by atoms with van der Waals surface area (Å²) in [6.07, 6.45) is 2.76. The number of carbonyl (C=O) groups is 2. The number of alkyl carbamates (subject to hydrolysis) is 2. The van der Waals surface area contributed by atoms with Crippen molar-refractivity contribution in [3.63, 3.8) is 0 Å². The fraction of sp³-hybridized carbons (Fsp3) is 0.923. The van der Waals surface area contributed by atoms with Crippen molar-refractivity contribution in [2.45, 2.75) is 64.8 Å². The van der Waals surface area contributed by atoms with E-state index >= 15 is 0 Å². The Kier molecular flexibility index (Phi) is 7.68. The number of nitrogens with zero attached hydrogens (tertiary/aromatic N) is 4. The predicted octanol–water partition coefficient (Wildman–Crippen LogP) is 1.37. The van der Waals surface area contributed by atoms with Gasteiger partial charge in [-0.1, -0.05) is 20.8 Å². The van der Waals surface area contributed by atoms with Gasteiger partial charge < -0.3 is 25.0 Å². The van der Waals surface area contributed by atoms with Gasteiger partial charge >= 0.3 is 12.2 Å². The highest BCUT2D eigenvalue weighted by molar-refractivity contribution is 5.68. The number of rotatable bonds is 6. The molecule has 4 bridgehead atoms. The number of piperazine rings is 4. The lowest BCUT2D eigenvalue weighted by Gasteiger charge is -2.47. The number of ether oxygens (including phenoxy) is 2. The van der Waals surface area contributed by atoms with E-state index in [0.717, 1.165) is 91.1 Å². The van der Waals surface area contributed by atoms with Crippen molar-refractivity contribution in [1.82, 2.24) is 30.2 Å². The molecule has 0 spiro atoms. The molecule has 204 valence electrons. The minimum atomic E-state index is -0.332. The number of nitrogens with one attached hydrogen (secondary N) is 2. The van der Waals surface area contributed by atoms with E-state index in [1.165, 1.54) is 0 Å². The fourth-order valence-corrected chi connectivity index (χ4v) is 7.47. The molecule has 0 radical (unpaired) electrons. The highest BCUT2D eigenvalue weighted by atomic mass is 16.6. The zero-order valence-electron chi connectivity index (χ0n) is 22.5. The van der Waals surface area contributed by atoms with E-state index < -0.39 is 0 Å². The Labute approximate surface area is 216 Å². The van der Waals surface area contributed by atoms with Crippen molar-refractivity contribution in [1.29, 1.82) is 0 Å². The van der Waals surface area contributed by atoms with Gasteiger partial charge in [0.2, 0.25) is 0 Å². The molecule has 36 heavy (non-hydrogen) atoms. The molecule has 10 nitrogen and oxygen atoms in total. The second-order valence-corrected chi connectivity index (χ2v) is 12.9. The molecular weight excluding hydrogens is 460 g/mol. The average molecular weight is 507 g/mol. The monoisotopic (exact) mass is 506 g/mol. The molecule has 7 fully saturated rings. The molecule has 7 aliphatic rings. The van der Waals surface area contributed by atoms with E-state index in [-0.39, 0.29) is 35.3 Å². The molecule has 0 aromatic heterocycles. The third-order valence-electron chi connectivity index (χ3n) is 8.97. The maximum absolute atomic E-state index is 12.7. The summed E-state index contributed by atoms with van der Waals surface area (Å²) in [5, 5.41) is 6.20. The van der Waals surface area contributed by atoms with Gasteiger partial charge in [-0.2, -0.15) is 0 Å². The molecule has 4 atom stereocenters. The third kappa shape index (κ3) is 6.44. The summed E-state index contributed by atoms with van der Waals surface area (Å²) in [6.45, 7) is 18.1. The van der Waals surface area contributed by atoms with Gasteiger partial charge in [-0.05, 0) is 30.1 Å². The molecule has 6 aliphatic heterocycles. The van der Waals surface area contributed by atoms with Gasteiger partial charge in [-0.25, -0.2) is 9.59 Å². The van der Waals surface area contributed by atoms with Crippen LogP contribution in [0.25, 0.3) is 0 Å². The van der Waals surface area contributed by atoms with Crippen LogP contribution in [0.4, 0.5) is 9.59 Å². The second-order valence-electron chi connectivity index (χ2n) is 12.9. The molecule has 4 unspecified atom stereocenters. The van der Waals surface area contributed by atoms with Crippen molar-refractivity contribution in [2.75, 3.05) is 78.6 Å². The van der Waals surface area contributed by atoms with Gasteiger partial charge in [0.05, 0.1) is 6.04 Å². The molecule has 6 heterocycles. The van der Waals surface area contributed by atoms with Crippen molar-refractivity contribution in [3.8, 4) is 0 Å². The first-order valence-electron chi connectivity index (χ1n) is 14.0. The Morgan fingerprint density at radius 2 is 1.56 bits per heavy atom. The topological polar surface area (TPSA) is 89.6 Å². The summed E-state index contributed by atoms with van der Waals surface area (Å²) in [5.41, 5.74) is -0.0769. The summed E-state index contributed by atoms with van der Waals surface area (Å²) >= 11 is 0. The second kappa shape index (κ2) is 10.6. The van der Waals surface area contributed by atoms with Crippen LogP contribution < -0.4 is 10.6 Å². The highest BCUT2D eigenvalue weighted by Crippen LogP contribution is 2.45. The van der Waals surface area contributed by atoms with Crippen LogP contribution in [-0.2, 0) is 9.47 Å². The minimum absolute atomic E-state index is 0.0216. The highest BCUT2D eigenvalue weighted by Gasteiger charge is 2.42. The van der Waals surface area contributed by atoms with Crippen molar-refractivity contribution in [2.24, 2.45) is 10.8 Å². The van der Waals surface area contributed by atoms with Crippen LogP contribution in [0.1, 0.15) is 46.5 Å². The van der Waals surface area contributed by atoms with Crippen molar-refractivity contribution >= 4 is 12.2 Å². The minimum Gasteiger partial charge on any atom is -0.448 e. The summed E-state index contributed by atoms with van der Waals surface area (Å²) in [4.78, 5) is 35.0. The SMILES string of the molecule is CC1(C)CC(NC(=O)OCC2CN3CCN2CC3)CC(C)(CNC(=O)OC2CCN3CCN2CC3)C1. The standard InChI is InChI=1S/C26H46N6O4/c1-25(2)14-20(28-24(34)35-17-21-16-30-8-10-31(21)11-9-30)15-26(3,18-25)19-27-23(33)36-22-4-5-29-6-12-32(22)13-7-29/h20-22H,4-19H2,1-3H3,(H,27,33)(H,28,34). The Balaban J connectivity index is 1.08. The van der Waals surface area contributed by atoms with Crippen LogP contribution >= 0.6 is 0 Å². The number of hydrogen-bond donors (Lipinski definition) is 2. The molecule has 10 heteroatoms. The van der Waals surface area contributed by atoms with Crippen LogP contribution in [0.5, 0.6) is 0 Å². The molecule has 2 N–H and O–H groups in total. The molecule has 7 rings (SSSR count). The van der Waals surface area contributed by atoms with Gasteiger partial charge in [-0.15, -0.1) is 0 Å². The van der Waals surface area contributed by atoms with Crippen LogP contribution in [0.15, 0.2) is 0 Å². The van der Waals surface area contributed by atoms with E-state index in [0.29, 0.717) is 19.2 Å². The Bertz CT molecular complexity index is 795. The van der Waals surface area contributed by atoms with Crippen LogP contribution in [0.3, 0.4) is 0 Å². The fourth-order valence-electron chi connectivity index (χ4n) is 7.47. The molecule has 0 aromatic carbocycles. The lowest BCUT2D eigenvalue weighted by molar-refractivity contribution is -0.0174. The van der Waals surface area contributed by atoms with E-state index in [1.807, 2.05) is 0 Å². The van der Waals surface area contributed by atoms with Crippen molar-refractivity contribution < 1.29 is 19.1 Å². The van der Waals surface area contributed by atoms with Gasteiger partial charge in [-0.3, -0.25) is 14.7 Å². The molecule has 1 saturated carbocycles. The number of carbonyl (C=O) groups excluding carboxylic acids is 2. The zero-order chi connectivity index (χ0) is 25.3. The van der Waals surface area contributed by atoms with E-state index in [1.54, 1.807) is 0 Å². The molecule has 1 aliphatic carbocycles. The summed E-state index contributed by atoms with van der Waals surface area (Å²) in [7, 11) is 0. The largest absolute Gasteiger partial charge is 0.448 e. The third-order valence-corrected chi connectivity index (χ3v) is 8.97. The number of amides is 2. The molecular formula is C26H46N6O4. The maximum Gasteiger partial charge on any atom is 0.408 e. The lowest BCUT2D eigenvalue weighted by Crippen LogP contribution is -2.62. The lowest BCUT2D eigenvalue weighted by atomic mass is 9.62. The van der Waals surface area contributed by atoms with Gasteiger partial charge in [0.25, 0.3) is 0 Å². The quantitative estimate of drug-likeness (QED) is 0.559.